The van der Waals surface area contributed by atoms with Gasteiger partial charge in [-0.2, -0.15) is 5.10 Å². The average molecular weight is 443 g/mol. The molecule has 0 radical (unpaired) electrons. The number of benzene rings is 2. The summed E-state index contributed by atoms with van der Waals surface area (Å²) in [6.45, 7) is 3.32. The number of rotatable bonds is 7. The molecule has 0 bridgehead atoms. The Bertz CT molecular complexity index is 1030. The lowest BCUT2D eigenvalue weighted by molar-refractivity contribution is 0.102. The van der Waals surface area contributed by atoms with Crippen molar-refractivity contribution in [1.82, 2.24) is 14.7 Å². The van der Waals surface area contributed by atoms with Crippen molar-refractivity contribution in [3.8, 4) is 5.75 Å². The van der Waals surface area contributed by atoms with Gasteiger partial charge in [0, 0.05) is 24.5 Å². The van der Waals surface area contributed by atoms with Crippen molar-refractivity contribution in [2.45, 2.75) is 32.5 Å². The molecule has 8 heteroatoms. The maximum absolute atomic E-state index is 13.2. The molecule has 4 rings (SSSR count). The van der Waals surface area contributed by atoms with E-state index in [0.29, 0.717) is 5.75 Å². The number of nitrogens with one attached hydrogen (secondary N) is 1. The number of carbonyl (C=O) groups is 1. The summed E-state index contributed by atoms with van der Waals surface area (Å²) in [6, 6.07) is 13.6. The minimum Gasteiger partial charge on any atom is -0.471 e. The van der Waals surface area contributed by atoms with E-state index in [0.717, 1.165) is 25.3 Å². The summed E-state index contributed by atoms with van der Waals surface area (Å²) in [6.07, 6.45) is 5.50. The maximum Gasteiger partial charge on any atom is 0.276 e. The van der Waals surface area contributed by atoms with Crippen LogP contribution in [-0.4, -0.2) is 33.7 Å². The van der Waals surface area contributed by atoms with Crippen LogP contribution in [0.4, 0.5) is 10.1 Å². The highest BCUT2D eigenvalue weighted by molar-refractivity contribution is 6.30. The van der Waals surface area contributed by atoms with E-state index in [9.17, 15) is 9.18 Å². The van der Waals surface area contributed by atoms with Gasteiger partial charge in [-0.25, -0.2) is 9.07 Å². The Morgan fingerprint density at radius 3 is 2.61 bits per heavy atom. The van der Waals surface area contributed by atoms with E-state index in [-0.39, 0.29) is 23.4 Å². The molecule has 1 aromatic heterocycles. The van der Waals surface area contributed by atoms with Crippen LogP contribution in [0.3, 0.4) is 0 Å². The topological polar surface area (TPSA) is 59.4 Å². The first-order valence-electron chi connectivity index (χ1n) is 10.3. The number of nitrogens with zero attached hydrogens (tertiary/aromatic N) is 3. The second kappa shape index (κ2) is 9.94. The third-order valence-electron chi connectivity index (χ3n) is 5.19. The van der Waals surface area contributed by atoms with Crippen LogP contribution in [0.25, 0.3) is 0 Å². The molecule has 1 N–H and O–H groups in total. The fourth-order valence-corrected chi connectivity index (χ4v) is 3.70. The first kappa shape index (κ1) is 21.3. The van der Waals surface area contributed by atoms with E-state index < -0.39 is 5.82 Å². The molecule has 3 aromatic rings. The number of hydrogen-bond donors (Lipinski definition) is 1. The molecule has 162 valence electrons. The van der Waals surface area contributed by atoms with Crippen LogP contribution in [-0.2, 0) is 13.3 Å². The Morgan fingerprint density at radius 1 is 1.10 bits per heavy atom. The van der Waals surface area contributed by atoms with Gasteiger partial charge in [0.25, 0.3) is 5.91 Å². The van der Waals surface area contributed by atoms with E-state index in [4.69, 9.17) is 16.3 Å². The summed E-state index contributed by atoms with van der Waals surface area (Å²) in [4.78, 5) is 15.0. The lowest BCUT2D eigenvalue weighted by Gasteiger charge is -2.26. The molecule has 0 saturated carbocycles. The van der Waals surface area contributed by atoms with Gasteiger partial charge in [-0.3, -0.25) is 9.69 Å². The predicted octanol–water partition coefficient (Wildman–Crippen LogP) is 4.95. The Hall–Kier alpha value is -2.90. The molecule has 1 fully saturated rings. The van der Waals surface area contributed by atoms with Gasteiger partial charge in [0.1, 0.15) is 11.6 Å². The minimum absolute atomic E-state index is 0.0139. The van der Waals surface area contributed by atoms with Crippen LogP contribution in [0.2, 0.25) is 5.02 Å². The van der Waals surface area contributed by atoms with Crippen molar-refractivity contribution in [3.05, 3.63) is 76.8 Å². The normalized spacial score (nSPS) is 14.4. The van der Waals surface area contributed by atoms with Crippen molar-refractivity contribution in [1.29, 1.82) is 0 Å². The second-order valence-electron chi connectivity index (χ2n) is 7.58. The zero-order valence-corrected chi connectivity index (χ0v) is 17.8. The molecule has 1 saturated heterocycles. The van der Waals surface area contributed by atoms with Crippen LogP contribution in [0.1, 0.15) is 35.3 Å². The van der Waals surface area contributed by atoms with Crippen molar-refractivity contribution in [2.24, 2.45) is 0 Å². The van der Waals surface area contributed by atoms with Gasteiger partial charge >= 0.3 is 0 Å². The fourth-order valence-electron chi connectivity index (χ4n) is 3.53. The van der Waals surface area contributed by atoms with Gasteiger partial charge in [0.2, 0.25) is 0 Å². The molecular weight excluding hydrogens is 419 g/mol. The van der Waals surface area contributed by atoms with Gasteiger partial charge < -0.3 is 10.1 Å². The second-order valence-corrected chi connectivity index (χ2v) is 7.98. The van der Waals surface area contributed by atoms with E-state index in [2.05, 4.69) is 15.3 Å². The van der Waals surface area contributed by atoms with E-state index >= 15 is 0 Å². The molecular formula is C23H24ClFN4O2. The number of anilines is 1. The molecule has 0 atom stereocenters. The van der Waals surface area contributed by atoms with Crippen LogP contribution in [0.15, 0.2) is 54.7 Å². The zero-order valence-electron chi connectivity index (χ0n) is 17.1. The number of hydrogen-bond acceptors (Lipinski definition) is 4. The SMILES string of the molecule is O=C(Nc1ccc(CN2CCCCC2)cc1)c1ccn(COc2ccc(F)c(Cl)c2)n1. The van der Waals surface area contributed by atoms with Crippen LogP contribution in [0.5, 0.6) is 5.75 Å². The lowest BCUT2D eigenvalue weighted by atomic mass is 10.1. The Morgan fingerprint density at radius 2 is 1.87 bits per heavy atom. The largest absolute Gasteiger partial charge is 0.471 e. The molecule has 2 aromatic carbocycles. The van der Waals surface area contributed by atoms with E-state index in [1.165, 1.54) is 47.7 Å². The van der Waals surface area contributed by atoms with Crippen molar-refractivity contribution in [2.75, 3.05) is 18.4 Å². The zero-order chi connectivity index (χ0) is 21.6. The summed E-state index contributed by atoms with van der Waals surface area (Å²) in [5, 5.41) is 7.07. The van der Waals surface area contributed by atoms with Gasteiger partial charge in [-0.1, -0.05) is 30.2 Å². The van der Waals surface area contributed by atoms with Crippen LogP contribution >= 0.6 is 11.6 Å². The van der Waals surface area contributed by atoms with Crippen molar-refractivity contribution < 1.29 is 13.9 Å². The van der Waals surface area contributed by atoms with Crippen LogP contribution < -0.4 is 10.1 Å². The monoisotopic (exact) mass is 442 g/mol. The van der Waals surface area contributed by atoms with Gasteiger partial charge in [-0.05, 0) is 61.8 Å². The average Bonchev–Trinajstić information content (AvgIpc) is 3.26. The third kappa shape index (κ3) is 5.83. The Balaban J connectivity index is 1.29. The summed E-state index contributed by atoms with van der Waals surface area (Å²) in [7, 11) is 0. The number of halogens is 2. The van der Waals surface area contributed by atoms with Gasteiger partial charge in [0.15, 0.2) is 12.4 Å². The van der Waals surface area contributed by atoms with Crippen molar-refractivity contribution in [3.63, 3.8) is 0 Å². The molecule has 0 unspecified atom stereocenters. The highest BCUT2D eigenvalue weighted by Crippen LogP contribution is 2.21. The summed E-state index contributed by atoms with van der Waals surface area (Å²) in [5.41, 5.74) is 2.24. The highest BCUT2D eigenvalue weighted by atomic mass is 35.5. The van der Waals surface area contributed by atoms with Crippen molar-refractivity contribution >= 4 is 23.2 Å². The fraction of sp³-hybridized carbons (Fsp3) is 0.304. The molecule has 6 nitrogen and oxygen atoms in total. The molecule has 0 spiro atoms. The standard InChI is InChI=1S/C23H24ClFN4O2/c24-20-14-19(8-9-21(20)25)31-16-29-13-10-22(27-29)23(30)26-18-6-4-17(5-7-18)15-28-11-2-1-3-12-28/h4-10,13-14H,1-3,11-12,15-16H2,(H,26,30). The molecule has 1 amide bonds. The summed E-state index contributed by atoms with van der Waals surface area (Å²) < 4.78 is 20.2. The highest BCUT2D eigenvalue weighted by Gasteiger charge is 2.12. The smallest absolute Gasteiger partial charge is 0.276 e. The van der Waals surface area contributed by atoms with Crippen LogP contribution in [0, 0.1) is 5.82 Å². The number of carbonyl (C=O) groups excluding carboxylic acids is 1. The van der Waals surface area contributed by atoms with Gasteiger partial charge in [-0.15, -0.1) is 0 Å². The first-order valence-corrected chi connectivity index (χ1v) is 10.7. The third-order valence-corrected chi connectivity index (χ3v) is 5.48. The number of ether oxygens (including phenoxy) is 1. The first-order chi connectivity index (χ1) is 15.1. The Kier molecular flexibility index (Phi) is 6.84. The predicted molar refractivity (Wildman–Crippen MR) is 118 cm³/mol. The maximum atomic E-state index is 13.2. The van der Waals surface area contributed by atoms with E-state index in [1.54, 1.807) is 12.3 Å². The number of likely N-dealkylation sites (tertiary alicyclic amines) is 1. The summed E-state index contributed by atoms with van der Waals surface area (Å²) >= 11 is 5.74. The quantitative estimate of drug-likeness (QED) is 0.562. The summed E-state index contributed by atoms with van der Waals surface area (Å²) in [5.74, 6) is -0.392. The molecule has 0 aliphatic carbocycles. The minimum atomic E-state index is -0.508. The Labute approximate surface area is 185 Å². The van der Waals surface area contributed by atoms with Gasteiger partial charge in [0.05, 0.1) is 5.02 Å². The lowest BCUT2D eigenvalue weighted by Crippen LogP contribution is -2.29. The molecule has 31 heavy (non-hydrogen) atoms. The number of piperidine rings is 1. The molecule has 1 aliphatic rings. The number of aromatic nitrogens is 2. The number of amides is 1. The molecule has 2 heterocycles. The molecule has 1 aliphatic heterocycles. The van der Waals surface area contributed by atoms with E-state index in [1.807, 2.05) is 24.3 Å².